The van der Waals surface area contributed by atoms with Crippen molar-refractivity contribution >= 4 is 15.9 Å². The van der Waals surface area contributed by atoms with Crippen LogP contribution in [0.5, 0.6) is 5.75 Å². The van der Waals surface area contributed by atoms with Gasteiger partial charge in [0.15, 0.2) is 18.2 Å². The average molecular weight is 334 g/mol. The van der Waals surface area contributed by atoms with Crippen LogP contribution in [0.1, 0.15) is 6.42 Å². The Morgan fingerprint density at radius 1 is 1.41 bits per heavy atom. The Bertz CT molecular complexity index is 619. The number of nitrogens with zero attached hydrogens (tertiary/aromatic N) is 1. The van der Waals surface area contributed by atoms with Gasteiger partial charge in [-0.25, -0.2) is 17.5 Å². The van der Waals surface area contributed by atoms with Gasteiger partial charge in [0.05, 0.1) is 4.90 Å². The predicted octanol–water partition coefficient (Wildman–Crippen LogP) is -0.0466. The molecule has 0 fully saturated rings. The summed E-state index contributed by atoms with van der Waals surface area (Å²) in [6, 6.07) is 3.15. The first-order valence-corrected chi connectivity index (χ1v) is 7.99. The summed E-state index contributed by atoms with van der Waals surface area (Å²) in [5.74, 6) is -1.43. The zero-order valence-electron chi connectivity index (χ0n) is 12.4. The van der Waals surface area contributed by atoms with Crippen LogP contribution in [-0.2, 0) is 14.8 Å². The van der Waals surface area contributed by atoms with E-state index >= 15 is 0 Å². The maximum Gasteiger partial charge on any atom is 0.259 e. The molecular formula is C13H19FN2O5S. The van der Waals surface area contributed by atoms with Crippen molar-refractivity contribution in [2.45, 2.75) is 11.3 Å². The Morgan fingerprint density at radius 2 is 2.09 bits per heavy atom. The van der Waals surface area contributed by atoms with Crippen molar-refractivity contribution in [3.63, 3.8) is 0 Å². The normalized spacial score (nSPS) is 11.3. The molecule has 0 saturated heterocycles. The van der Waals surface area contributed by atoms with E-state index in [9.17, 15) is 17.6 Å². The molecule has 0 saturated carbocycles. The Morgan fingerprint density at radius 3 is 2.64 bits per heavy atom. The highest BCUT2D eigenvalue weighted by molar-refractivity contribution is 7.89. The SMILES string of the molecule is CN(C)C(=O)COc1ccc(S(=O)(=O)NCCCO)cc1F. The molecule has 124 valence electrons. The third-order valence-electron chi connectivity index (χ3n) is 2.69. The van der Waals surface area contributed by atoms with Crippen molar-refractivity contribution in [1.82, 2.24) is 9.62 Å². The molecule has 22 heavy (non-hydrogen) atoms. The summed E-state index contributed by atoms with van der Waals surface area (Å²) in [5, 5.41) is 8.61. The van der Waals surface area contributed by atoms with E-state index in [0.717, 1.165) is 12.1 Å². The van der Waals surface area contributed by atoms with Gasteiger partial charge < -0.3 is 14.7 Å². The molecule has 0 spiro atoms. The van der Waals surface area contributed by atoms with Gasteiger partial charge in [0.1, 0.15) is 0 Å². The fourth-order valence-corrected chi connectivity index (χ4v) is 2.49. The molecule has 7 nitrogen and oxygen atoms in total. The van der Waals surface area contributed by atoms with Crippen molar-refractivity contribution in [1.29, 1.82) is 0 Å². The highest BCUT2D eigenvalue weighted by Gasteiger charge is 2.17. The number of aliphatic hydroxyl groups is 1. The van der Waals surface area contributed by atoms with Crippen LogP contribution in [0.15, 0.2) is 23.1 Å². The van der Waals surface area contributed by atoms with E-state index in [-0.39, 0.29) is 42.7 Å². The van der Waals surface area contributed by atoms with Crippen molar-refractivity contribution in [2.24, 2.45) is 0 Å². The van der Waals surface area contributed by atoms with Crippen LogP contribution in [-0.4, -0.2) is 58.2 Å². The molecule has 1 aromatic rings. The quantitative estimate of drug-likeness (QED) is 0.650. The molecule has 0 aliphatic carbocycles. The summed E-state index contributed by atoms with van der Waals surface area (Å²) in [5.41, 5.74) is 0. The molecule has 0 bridgehead atoms. The first-order valence-electron chi connectivity index (χ1n) is 6.51. The lowest BCUT2D eigenvalue weighted by Crippen LogP contribution is -2.28. The number of halogens is 1. The molecule has 0 aromatic heterocycles. The number of nitrogens with one attached hydrogen (secondary N) is 1. The third kappa shape index (κ3) is 5.24. The number of aliphatic hydroxyl groups excluding tert-OH is 1. The van der Waals surface area contributed by atoms with Crippen LogP contribution in [0.4, 0.5) is 4.39 Å². The molecule has 0 aliphatic heterocycles. The zero-order chi connectivity index (χ0) is 16.8. The van der Waals surface area contributed by atoms with Crippen molar-refractivity contribution in [3.05, 3.63) is 24.0 Å². The molecule has 9 heteroatoms. The van der Waals surface area contributed by atoms with E-state index in [2.05, 4.69) is 4.72 Å². The lowest BCUT2D eigenvalue weighted by molar-refractivity contribution is -0.130. The number of hydrogen-bond donors (Lipinski definition) is 2. The Kier molecular flexibility index (Phi) is 6.72. The van der Waals surface area contributed by atoms with Crippen molar-refractivity contribution in [2.75, 3.05) is 33.9 Å². The maximum absolute atomic E-state index is 13.8. The number of benzene rings is 1. The van der Waals surface area contributed by atoms with Gasteiger partial charge in [0, 0.05) is 27.2 Å². The predicted molar refractivity (Wildman–Crippen MR) is 77.5 cm³/mol. The maximum atomic E-state index is 13.8. The molecule has 0 heterocycles. The highest BCUT2D eigenvalue weighted by Crippen LogP contribution is 2.21. The molecule has 0 unspecified atom stereocenters. The second-order valence-corrected chi connectivity index (χ2v) is 6.41. The number of sulfonamides is 1. The lowest BCUT2D eigenvalue weighted by atomic mass is 10.3. The molecule has 2 N–H and O–H groups in total. The summed E-state index contributed by atoms with van der Waals surface area (Å²) in [6.45, 7) is -0.440. The summed E-state index contributed by atoms with van der Waals surface area (Å²) in [7, 11) is -0.773. The van der Waals surface area contributed by atoms with Crippen LogP contribution >= 0.6 is 0 Å². The van der Waals surface area contributed by atoms with Crippen LogP contribution in [0.2, 0.25) is 0 Å². The first-order chi connectivity index (χ1) is 10.3. The van der Waals surface area contributed by atoms with Gasteiger partial charge in [0.2, 0.25) is 10.0 Å². The number of amides is 1. The lowest BCUT2D eigenvalue weighted by Gasteiger charge is -2.12. The monoisotopic (exact) mass is 334 g/mol. The molecule has 1 rings (SSSR count). The minimum atomic E-state index is -3.85. The highest BCUT2D eigenvalue weighted by atomic mass is 32.2. The molecule has 0 aliphatic rings. The van der Waals surface area contributed by atoms with Crippen molar-refractivity contribution < 1.29 is 27.4 Å². The van der Waals surface area contributed by atoms with E-state index in [0.29, 0.717) is 0 Å². The molecule has 1 amide bonds. The van der Waals surface area contributed by atoms with E-state index < -0.39 is 15.8 Å². The third-order valence-corrected chi connectivity index (χ3v) is 4.15. The minimum Gasteiger partial charge on any atom is -0.481 e. The average Bonchev–Trinajstić information content (AvgIpc) is 2.45. The van der Waals surface area contributed by atoms with Crippen molar-refractivity contribution in [3.8, 4) is 5.75 Å². The van der Waals surface area contributed by atoms with E-state index in [4.69, 9.17) is 9.84 Å². The Labute approximate surface area is 128 Å². The Hall–Kier alpha value is -1.71. The smallest absolute Gasteiger partial charge is 0.259 e. The van der Waals surface area contributed by atoms with Gasteiger partial charge in [-0.3, -0.25) is 4.79 Å². The summed E-state index contributed by atoms with van der Waals surface area (Å²) >= 11 is 0. The summed E-state index contributed by atoms with van der Waals surface area (Å²) < 4.78 is 44.8. The summed E-state index contributed by atoms with van der Waals surface area (Å²) in [4.78, 5) is 12.4. The molecule has 0 radical (unpaired) electrons. The topological polar surface area (TPSA) is 95.9 Å². The van der Waals surface area contributed by atoms with Crippen LogP contribution in [0, 0.1) is 5.82 Å². The van der Waals surface area contributed by atoms with E-state index in [1.165, 1.54) is 25.1 Å². The Balaban J connectivity index is 2.78. The molecule has 1 aromatic carbocycles. The fourth-order valence-electron chi connectivity index (χ4n) is 1.40. The second-order valence-electron chi connectivity index (χ2n) is 4.64. The minimum absolute atomic E-state index is 0.0516. The van der Waals surface area contributed by atoms with Crippen LogP contribution in [0.25, 0.3) is 0 Å². The number of carbonyl (C=O) groups excluding carboxylic acids is 1. The van der Waals surface area contributed by atoms with Gasteiger partial charge in [-0.05, 0) is 24.6 Å². The standard InChI is InChI=1S/C13H19FN2O5S/c1-16(2)13(18)9-21-12-5-4-10(8-11(12)14)22(19,20)15-6-3-7-17/h4-5,8,15,17H,3,6-7,9H2,1-2H3. The number of carbonyl (C=O) groups is 1. The zero-order valence-corrected chi connectivity index (χ0v) is 13.2. The fraction of sp³-hybridized carbons (Fsp3) is 0.462. The largest absolute Gasteiger partial charge is 0.481 e. The van der Waals surface area contributed by atoms with Gasteiger partial charge in [-0.15, -0.1) is 0 Å². The van der Waals surface area contributed by atoms with Gasteiger partial charge in [-0.1, -0.05) is 0 Å². The molecular weight excluding hydrogens is 315 g/mol. The number of ether oxygens (including phenoxy) is 1. The number of likely N-dealkylation sites (N-methyl/N-ethyl adjacent to an activating group) is 1. The second kappa shape index (κ2) is 8.06. The van der Waals surface area contributed by atoms with Crippen LogP contribution < -0.4 is 9.46 Å². The number of hydrogen-bond acceptors (Lipinski definition) is 5. The van der Waals surface area contributed by atoms with E-state index in [1.54, 1.807) is 0 Å². The first kappa shape index (κ1) is 18.3. The van der Waals surface area contributed by atoms with Gasteiger partial charge >= 0.3 is 0 Å². The van der Waals surface area contributed by atoms with Crippen LogP contribution in [0.3, 0.4) is 0 Å². The molecule has 0 atom stereocenters. The number of rotatable bonds is 8. The van der Waals surface area contributed by atoms with Gasteiger partial charge in [0.25, 0.3) is 5.91 Å². The van der Waals surface area contributed by atoms with Gasteiger partial charge in [-0.2, -0.15) is 0 Å². The summed E-state index contributed by atoms with van der Waals surface area (Å²) in [6.07, 6.45) is 0.259. The van der Waals surface area contributed by atoms with E-state index in [1.807, 2.05) is 0 Å².